The SMILES string of the molecule is C.CC(C)c1cc(NC(=O)Oc2ccccc2)n(-c2cncc(F)c2)n1.COc1cc2ncnc(Oc3cccc(N)c3)c2cc1OC.COc1cc2ncnc(Oc3cccc(NC(=O)Nc4cc(C(C)C)nn4-c4cncc(F)c4)c3)c2cc1OC. The highest BCUT2D eigenvalue weighted by Gasteiger charge is 2.20. The third-order valence-electron chi connectivity index (χ3n) is 12.5. The number of halogens is 2. The number of anilines is 4. The number of ether oxygens (including phenoxy) is 7. The number of benzene rings is 5. The summed E-state index contributed by atoms with van der Waals surface area (Å²) in [6.45, 7) is 7.89. The van der Waals surface area contributed by atoms with Gasteiger partial charge in [-0.15, -0.1) is 0 Å². The second kappa shape index (κ2) is 28.9. The molecular formula is C63H62F2N14O9. The van der Waals surface area contributed by atoms with Crippen LogP contribution in [0.3, 0.4) is 0 Å². The van der Waals surface area contributed by atoms with E-state index in [-0.39, 0.29) is 19.3 Å². The van der Waals surface area contributed by atoms with Crippen molar-refractivity contribution in [3.8, 4) is 63.4 Å². The van der Waals surface area contributed by atoms with E-state index in [0.717, 1.165) is 29.2 Å². The first kappa shape index (κ1) is 62.5. The summed E-state index contributed by atoms with van der Waals surface area (Å²) in [6.07, 6.45) is 7.31. The van der Waals surface area contributed by atoms with Gasteiger partial charge < -0.3 is 44.2 Å². The van der Waals surface area contributed by atoms with E-state index in [2.05, 4.69) is 56.1 Å². The van der Waals surface area contributed by atoms with Gasteiger partial charge in [0.15, 0.2) is 23.0 Å². The summed E-state index contributed by atoms with van der Waals surface area (Å²) in [7, 11) is 6.24. The van der Waals surface area contributed by atoms with E-state index in [4.69, 9.17) is 38.9 Å². The number of aromatic nitrogens is 10. The van der Waals surface area contributed by atoms with Crippen molar-refractivity contribution in [1.29, 1.82) is 0 Å². The molecule has 0 spiro atoms. The third-order valence-corrected chi connectivity index (χ3v) is 12.5. The Morgan fingerprint density at radius 3 is 1.45 bits per heavy atom. The summed E-state index contributed by atoms with van der Waals surface area (Å²) in [4.78, 5) is 49.8. The number of hydrogen-bond donors (Lipinski definition) is 4. The molecule has 0 aliphatic rings. The predicted octanol–water partition coefficient (Wildman–Crippen LogP) is 13.7. The molecule has 0 aliphatic heterocycles. The van der Waals surface area contributed by atoms with Crippen molar-refractivity contribution in [2.45, 2.75) is 47.0 Å². The average Bonchev–Trinajstić information content (AvgIpc) is 1.37. The van der Waals surface area contributed by atoms with Gasteiger partial charge in [-0.1, -0.05) is 65.5 Å². The Balaban J connectivity index is 0.000000180. The van der Waals surface area contributed by atoms with Crippen molar-refractivity contribution in [3.05, 3.63) is 188 Å². The fourth-order valence-electron chi connectivity index (χ4n) is 8.29. The minimum Gasteiger partial charge on any atom is -0.493 e. The second-order valence-electron chi connectivity index (χ2n) is 19.3. The van der Waals surface area contributed by atoms with Gasteiger partial charge in [0.1, 0.15) is 53.2 Å². The normalized spacial score (nSPS) is 10.6. The molecule has 23 nitrogen and oxygen atoms in total. The number of amides is 3. The third kappa shape index (κ3) is 15.6. The van der Waals surface area contributed by atoms with E-state index in [0.29, 0.717) is 103 Å². The molecule has 0 atom stereocenters. The number of methoxy groups -OCH3 is 4. The monoisotopic (exact) mass is 1200 g/mol. The molecule has 0 fully saturated rings. The maximum absolute atomic E-state index is 13.8. The van der Waals surface area contributed by atoms with E-state index in [1.165, 1.54) is 46.5 Å². The predicted molar refractivity (Wildman–Crippen MR) is 329 cm³/mol. The van der Waals surface area contributed by atoms with Crippen molar-refractivity contribution in [2.75, 3.05) is 50.1 Å². The van der Waals surface area contributed by atoms with Crippen LogP contribution in [-0.2, 0) is 0 Å². The lowest BCUT2D eigenvalue weighted by atomic mass is 10.1. The number of nitrogen functional groups attached to an aromatic ring is 1. The van der Waals surface area contributed by atoms with Crippen molar-refractivity contribution in [2.24, 2.45) is 0 Å². The number of rotatable bonds is 16. The van der Waals surface area contributed by atoms with E-state index in [1.54, 1.807) is 126 Å². The zero-order valence-electron chi connectivity index (χ0n) is 48.2. The molecule has 5 N–H and O–H groups in total. The smallest absolute Gasteiger partial charge is 0.418 e. The van der Waals surface area contributed by atoms with Crippen LogP contribution in [0.4, 0.5) is 41.4 Å². The summed E-state index contributed by atoms with van der Waals surface area (Å²) < 4.78 is 68.6. The quantitative estimate of drug-likeness (QED) is 0.0654. The van der Waals surface area contributed by atoms with Crippen LogP contribution in [-0.4, -0.2) is 90.0 Å². The summed E-state index contributed by atoms with van der Waals surface area (Å²) >= 11 is 0. The first-order valence-electron chi connectivity index (χ1n) is 26.7. The van der Waals surface area contributed by atoms with Crippen LogP contribution in [0.1, 0.15) is 58.3 Å². The number of pyridine rings is 2. The van der Waals surface area contributed by atoms with Crippen molar-refractivity contribution in [3.63, 3.8) is 0 Å². The number of fused-ring (bicyclic) bond motifs is 2. The molecule has 0 bridgehead atoms. The van der Waals surface area contributed by atoms with Crippen molar-refractivity contribution >= 4 is 56.9 Å². The van der Waals surface area contributed by atoms with Crippen LogP contribution in [0.25, 0.3) is 33.2 Å². The Kier molecular flexibility index (Phi) is 20.5. The molecule has 11 aromatic rings. The Morgan fingerprint density at radius 1 is 0.511 bits per heavy atom. The zero-order valence-corrected chi connectivity index (χ0v) is 48.2. The molecule has 0 saturated carbocycles. The van der Waals surface area contributed by atoms with Gasteiger partial charge in [-0.25, -0.2) is 47.7 Å². The minimum atomic E-state index is -0.660. The number of nitrogens with zero attached hydrogens (tertiary/aromatic N) is 10. The number of nitrogens with two attached hydrogens (primary N) is 1. The van der Waals surface area contributed by atoms with Crippen LogP contribution in [0.2, 0.25) is 0 Å². The summed E-state index contributed by atoms with van der Waals surface area (Å²) in [5, 5.41) is 18.5. The molecule has 6 heterocycles. The summed E-state index contributed by atoms with van der Waals surface area (Å²) in [6, 6.07) is 35.2. The highest BCUT2D eigenvalue weighted by Crippen LogP contribution is 2.38. The molecule has 452 valence electrons. The molecule has 6 aromatic heterocycles. The lowest BCUT2D eigenvalue weighted by Gasteiger charge is -2.13. The topological polar surface area (TPSA) is 274 Å². The van der Waals surface area contributed by atoms with Gasteiger partial charge in [-0.05, 0) is 60.4 Å². The van der Waals surface area contributed by atoms with Gasteiger partial charge in [-0.2, -0.15) is 10.2 Å². The lowest BCUT2D eigenvalue weighted by Crippen LogP contribution is -2.21. The van der Waals surface area contributed by atoms with E-state index in [1.807, 2.05) is 45.9 Å². The molecule has 0 unspecified atom stereocenters. The number of nitrogens with one attached hydrogen (secondary N) is 3. The molecule has 0 aliphatic carbocycles. The number of hydrogen-bond acceptors (Lipinski definition) is 18. The molecule has 25 heteroatoms. The largest absolute Gasteiger partial charge is 0.493 e. The number of carbonyl (C=O) groups excluding carboxylic acids is 2. The fraction of sp³-hybridized carbons (Fsp3) is 0.175. The Morgan fingerprint density at radius 2 is 0.977 bits per heavy atom. The fourth-order valence-corrected chi connectivity index (χ4v) is 8.29. The maximum atomic E-state index is 13.8. The molecule has 88 heavy (non-hydrogen) atoms. The minimum absolute atomic E-state index is 0. The molecular weight excluding hydrogens is 1130 g/mol. The Bertz CT molecular complexity index is 4210. The highest BCUT2D eigenvalue weighted by atomic mass is 19.1. The first-order valence-corrected chi connectivity index (χ1v) is 26.7. The van der Waals surface area contributed by atoms with Gasteiger partial charge in [0.25, 0.3) is 0 Å². The van der Waals surface area contributed by atoms with Crippen LogP contribution in [0, 0.1) is 11.6 Å². The van der Waals surface area contributed by atoms with Gasteiger partial charge in [-0.3, -0.25) is 20.6 Å². The van der Waals surface area contributed by atoms with Gasteiger partial charge in [0.05, 0.1) is 97.8 Å². The molecule has 0 saturated heterocycles. The Labute approximate surface area is 504 Å². The Hall–Kier alpha value is -11.5. The van der Waals surface area contributed by atoms with Crippen LogP contribution in [0.15, 0.2) is 165 Å². The van der Waals surface area contributed by atoms with E-state index in [9.17, 15) is 18.4 Å². The van der Waals surface area contributed by atoms with Crippen LogP contribution in [0.5, 0.6) is 52.0 Å². The van der Waals surface area contributed by atoms with Gasteiger partial charge in [0.2, 0.25) is 11.8 Å². The number of carbonyl (C=O) groups is 2. The maximum Gasteiger partial charge on any atom is 0.418 e. The average molecular weight is 1200 g/mol. The highest BCUT2D eigenvalue weighted by molar-refractivity contribution is 5.99. The number of para-hydroxylation sites is 1. The molecule has 5 aromatic carbocycles. The van der Waals surface area contributed by atoms with Gasteiger partial charge >= 0.3 is 12.1 Å². The van der Waals surface area contributed by atoms with Crippen LogP contribution >= 0.6 is 0 Å². The molecule has 11 rings (SSSR count). The van der Waals surface area contributed by atoms with Gasteiger partial charge in [0, 0.05) is 59.9 Å². The van der Waals surface area contributed by atoms with Crippen LogP contribution < -0.4 is 54.8 Å². The van der Waals surface area contributed by atoms with E-state index >= 15 is 0 Å². The molecule has 0 radical (unpaired) electrons. The second-order valence-corrected chi connectivity index (χ2v) is 19.3. The molecule has 3 amide bonds. The van der Waals surface area contributed by atoms with Crippen molar-refractivity contribution < 1.29 is 51.5 Å². The standard InChI is InChI=1S/C28H26FN7O4.C18H17FN4O2.C16H15N3O3.CH4/c1-16(2)22-12-26(36(35-22)19-8-17(29)13-30-14-19)34-28(37)33-18-6-5-7-20(9-18)40-27-21-10-24(38-3)25(39-4)11-23(21)31-15-32-27;1-12(2)16-9-17(21-18(24)25-15-6-4-3-5-7-15)23(22-16)14-8-13(19)10-20-11-14;1-20-14-7-12-13(8-15(14)21-2)18-9-19-16(12)22-11-5-3-4-10(17)6-11;/h5-16H,1-4H3,(H2,33,34,37);3-12H,1-2H3,(H,21,24);3-9H,17H2,1-2H3;1H4. The van der Waals surface area contributed by atoms with Crippen molar-refractivity contribution in [1.82, 2.24) is 49.5 Å². The summed E-state index contributed by atoms with van der Waals surface area (Å²) in [5.74, 6) is 4.37. The zero-order chi connectivity index (χ0) is 61.6. The first-order chi connectivity index (χ1) is 42.1. The van der Waals surface area contributed by atoms with E-state index < -0.39 is 23.8 Å². The lowest BCUT2D eigenvalue weighted by molar-refractivity contribution is 0.215. The number of urea groups is 1. The summed E-state index contributed by atoms with van der Waals surface area (Å²) in [5.41, 5.74) is 10.4.